The number of nitro groups is 1. The Labute approximate surface area is 201 Å². The number of aromatic amines is 1. The third kappa shape index (κ3) is 5.39. The fourth-order valence-corrected chi connectivity index (χ4v) is 3.64. The third-order valence-corrected chi connectivity index (χ3v) is 5.42. The van der Waals surface area contributed by atoms with Crippen molar-refractivity contribution in [1.29, 1.82) is 0 Å². The maximum absolute atomic E-state index is 13.8. The van der Waals surface area contributed by atoms with Gasteiger partial charge < -0.3 is 24.8 Å². The predicted molar refractivity (Wildman–Crippen MR) is 130 cm³/mol. The lowest BCUT2D eigenvalue weighted by Gasteiger charge is -2.25. The Hall–Kier alpha value is -4.03. The van der Waals surface area contributed by atoms with Crippen LogP contribution in [0, 0.1) is 10.1 Å². The van der Waals surface area contributed by atoms with Crippen LogP contribution >= 0.6 is 0 Å². The second-order valence-corrected chi connectivity index (χ2v) is 7.61. The number of nitrogens with zero attached hydrogens (tertiary/aromatic N) is 3. The van der Waals surface area contributed by atoms with E-state index in [2.05, 4.69) is 4.98 Å². The lowest BCUT2D eigenvalue weighted by Crippen LogP contribution is -2.42. The number of ether oxygens (including phenoxy) is 3. The summed E-state index contributed by atoms with van der Waals surface area (Å²) in [7, 11) is 3.77. The Balaban J connectivity index is 2.85. The highest BCUT2D eigenvalue weighted by Crippen LogP contribution is 2.46. The molecule has 13 heteroatoms. The zero-order chi connectivity index (χ0) is 26.3. The zero-order valence-electron chi connectivity index (χ0n) is 20.5. The molecule has 0 spiro atoms. The number of rotatable bonds is 12. The van der Waals surface area contributed by atoms with Crippen molar-refractivity contribution in [2.75, 3.05) is 38.5 Å². The number of carbonyl (C=O) groups excluding carboxylic acids is 1. The van der Waals surface area contributed by atoms with Crippen molar-refractivity contribution in [2.45, 2.75) is 46.1 Å². The SMILES string of the molecule is CCCCN(C(=O)c1cc(OC)c(OC)c(OC)c1[N+](=O)[O-])c1c(N)n(CCCC)c(=O)[nH]c1=O. The number of H-pyrrole nitrogens is 1. The number of nitrogens with two attached hydrogens (primary N) is 1. The van der Waals surface area contributed by atoms with Gasteiger partial charge in [-0.3, -0.25) is 29.3 Å². The van der Waals surface area contributed by atoms with Crippen LogP contribution < -0.4 is 36.1 Å². The van der Waals surface area contributed by atoms with E-state index < -0.39 is 33.3 Å². The second-order valence-electron chi connectivity index (χ2n) is 7.61. The molecule has 35 heavy (non-hydrogen) atoms. The van der Waals surface area contributed by atoms with Crippen molar-refractivity contribution >= 4 is 23.1 Å². The number of anilines is 2. The molecule has 0 fully saturated rings. The molecule has 0 saturated carbocycles. The van der Waals surface area contributed by atoms with Gasteiger partial charge in [0.2, 0.25) is 11.5 Å². The molecule has 3 N–H and O–H groups in total. The molecule has 1 aromatic carbocycles. The van der Waals surface area contributed by atoms with E-state index in [4.69, 9.17) is 19.9 Å². The summed E-state index contributed by atoms with van der Waals surface area (Å²) in [4.78, 5) is 53.5. The number of unbranched alkanes of at least 4 members (excludes halogenated alkanes) is 2. The Bertz CT molecular complexity index is 1200. The molecule has 2 rings (SSSR count). The maximum atomic E-state index is 13.8. The summed E-state index contributed by atoms with van der Waals surface area (Å²) in [5.41, 5.74) is 3.32. The minimum absolute atomic E-state index is 0.0163. The van der Waals surface area contributed by atoms with Crippen LogP contribution in [0.1, 0.15) is 49.9 Å². The fourth-order valence-electron chi connectivity index (χ4n) is 3.64. The van der Waals surface area contributed by atoms with Crippen LogP contribution in [0.2, 0.25) is 0 Å². The van der Waals surface area contributed by atoms with E-state index in [0.29, 0.717) is 19.3 Å². The van der Waals surface area contributed by atoms with Gasteiger partial charge in [0, 0.05) is 19.2 Å². The van der Waals surface area contributed by atoms with Gasteiger partial charge in [-0.1, -0.05) is 26.7 Å². The van der Waals surface area contributed by atoms with Gasteiger partial charge in [-0.25, -0.2) is 4.79 Å². The summed E-state index contributed by atoms with van der Waals surface area (Å²) in [6, 6.07) is 1.15. The Kier molecular flexibility index (Phi) is 9.26. The van der Waals surface area contributed by atoms with Crippen LogP contribution in [0.3, 0.4) is 0 Å². The molecule has 13 nitrogen and oxygen atoms in total. The standard InChI is InChI=1S/C22H31N5O8/c1-6-8-10-25(16-19(23)26(11-9-7-2)22(30)24-20(16)28)21(29)13-12-14(33-3)17(34-4)18(35-5)15(13)27(31)32/h12H,6-11,23H2,1-5H3,(H,24,28,30). The molecular formula is C22H31N5O8. The van der Waals surface area contributed by atoms with Gasteiger partial charge in [-0.2, -0.15) is 0 Å². The van der Waals surface area contributed by atoms with E-state index in [0.717, 1.165) is 17.4 Å². The Morgan fingerprint density at radius 3 is 2.26 bits per heavy atom. The van der Waals surface area contributed by atoms with Crippen molar-refractivity contribution in [1.82, 2.24) is 9.55 Å². The largest absolute Gasteiger partial charge is 0.493 e. The smallest absolute Gasteiger partial charge is 0.330 e. The number of nitrogen functional groups attached to an aromatic ring is 1. The molecule has 0 radical (unpaired) electrons. The molecule has 0 aliphatic carbocycles. The quantitative estimate of drug-likeness (QED) is 0.332. The number of methoxy groups -OCH3 is 3. The van der Waals surface area contributed by atoms with E-state index in [-0.39, 0.29) is 41.8 Å². The highest BCUT2D eigenvalue weighted by Gasteiger charge is 2.36. The normalized spacial score (nSPS) is 10.7. The number of nitrogens with one attached hydrogen (secondary N) is 1. The van der Waals surface area contributed by atoms with E-state index in [1.807, 2.05) is 13.8 Å². The van der Waals surface area contributed by atoms with Gasteiger partial charge in [0.15, 0.2) is 11.4 Å². The van der Waals surface area contributed by atoms with Crippen LogP contribution in [0.5, 0.6) is 17.2 Å². The van der Waals surface area contributed by atoms with Crippen LogP contribution in [0.4, 0.5) is 17.2 Å². The number of carbonyl (C=O) groups is 1. The van der Waals surface area contributed by atoms with Crippen molar-refractivity contribution < 1.29 is 23.9 Å². The molecule has 1 heterocycles. The van der Waals surface area contributed by atoms with Crippen LogP contribution in [0.15, 0.2) is 15.7 Å². The van der Waals surface area contributed by atoms with Crippen molar-refractivity contribution in [3.05, 3.63) is 42.6 Å². The van der Waals surface area contributed by atoms with Gasteiger partial charge in [-0.15, -0.1) is 0 Å². The average Bonchev–Trinajstić information content (AvgIpc) is 2.83. The molecule has 0 aliphatic rings. The average molecular weight is 494 g/mol. The molecular weight excluding hydrogens is 462 g/mol. The van der Waals surface area contributed by atoms with Crippen molar-refractivity contribution in [3.63, 3.8) is 0 Å². The van der Waals surface area contributed by atoms with Gasteiger partial charge in [0.25, 0.3) is 11.5 Å². The molecule has 2 aromatic rings. The first-order chi connectivity index (χ1) is 16.7. The summed E-state index contributed by atoms with van der Waals surface area (Å²) in [6.45, 7) is 4.04. The van der Waals surface area contributed by atoms with E-state index >= 15 is 0 Å². The molecule has 1 amide bonds. The predicted octanol–water partition coefficient (Wildman–Crippen LogP) is 2.30. The summed E-state index contributed by atoms with van der Waals surface area (Å²) in [6.07, 6.45) is 2.47. The topological polar surface area (TPSA) is 172 Å². The number of hydrogen-bond acceptors (Lipinski definition) is 9. The number of aromatic nitrogens is 2. The molecule has 0 aliphatic heterocycles. The van der Waals surface area contributed by atoms with Crippen molar-refractivity contribution in [3.8, 4) is 17.2 Å². The van der Waals surface area contributed by atoms with Gasteiger partial charge in [0.05, 0.1) is 26.3 Å². The first-order valence-corrected chi connectivity index (χ1v) is 11.1. The Morgan fingerprint density at radius 1 is 1.11 bits per heavy atom. The Morgan fingerprint density at radius 2 is 1.74 bits per heavy atom. The van der Waals surface area contributed by atoms with Crippen molar-refractivity contribution in [2.24, 2.45) is 0 Å². The highest BCUT2D eigenvalue weighted by molar-refractivity contribution is 6.11. The van der Waals surface area contributed by atoms with Gasteiger partial charge >= 0.3 is 11.4 Å². The van der Waals surface area contributed by atoms with Gasteiger partial charge in [-0.05, 0) is 12.8 Å². The van der Waals surface area contributed by atoms with Crippen LogP contribution in [-0.4, -0.2) is 48.3 Å². The number of amides is 1. The minimum atomic E-state index is -0.887. The van der Waals surface area contributed by atoms with E-state index in [9.17, 15) is 24.5 Å². The fraction of sp³-hybridized carbons (Fsp3) is 0.500. The van der Waals surface area contributed by atoms with E-state index in [1.165, 1.54) is 25.9 Å². The monoisotopic (exact) mass is 493 g/mol. The summed E-state index contributed by atoms with van der Waals surface area (Å²) in [5, 5.41) is 12.0. The second kappa shape index (κ2) is 11.9. The summed E-state index contributed by atoms with van der Waals surface area (Å²) in [5.74, 6) is -1.45. The zero-order valence-corrected chi connectivity index (χ0v) is 20.5. The van der Waals surface area contributed by atoms with Gasteiger partial charge in [0.1, 0.15) is 11.4 Å². The van der Waals surface area contributed by atoms with Crippen LogP contribution in [0.25, 0.3) is 0 Å². The number of hydrogen-bond donors (Lipinski definition) is 2. The molecule has 0 atom stereocenters. The molecule has 0 bridgehead atoms. The first kappa shape index (κ1) is 27.2. The number of nitro benzene ring substituents is 1. The lowest BCUT2D eigenvalue weighted by atomic mass is 10.1. The van der Waals surface area contributed by atoms with Crippen LogP contribution in [-0.2, 0) is 6.54 Å². The molecule has 1 aromatic heterocycles. The summed E-state index contributed by atoms with van der Waals surface area (Å²) >= 11 is 0. The minimum Gasteiger partial charge on any atom is -0.493 e. The molecule has 0 saturated heterocycles. The third-order valence-electron chi connectivity index (χ3n) is 5.42. The lowest BCUT2D eigenvalue weighted by molar-refractivity contribution is -0.386. The highest BCUT2D eigenvalue weighted by atomic mass is 16.6. The number of benzene rings is 1. The van der Waals surface area contributed by atoms with E-state index in [1.54, 1.807) is 0 Å². The molecule has 192 valence electrons. The molecule has 0 unspecified atom stereocenters. The summed E-state index contributed by atoms with van der Waals surface area (Å²) < 4.78 is 16.8. The maximum Gasteiger partial charge on any atom is 0.330 e. The first-order valence-electron chi connectivity index (χ1n) is 11.1.